The third-order valence-electron chi connectivity index (χ3n) is 2.01. The predicted octanol–water partition coefficient (Wildman–Crippen LogP) is 3.42. The maximum Gasteiger partial charge on any atom is 0.214 e. The van der Waals surface area contributed by atoms with Crippen molar-refractivity contribution in [3.63, 3.8) is 0 Å². The molecule has 0 aliphatic heterocycles. The molecule has 0 aromatic carbocycles. The van der Waals surface area contributed by atoms with Crippen molar-refractivity contribution in [1.82, 2.24) is 4.98 Å². The topological polar surface area (TPSA) is 34.1 Å². The lowest BCUT2D eigenvalue weighted by atomic mass is 10.4. The molecule has 16 heavy (non-hydrogen) atoms. The molecule has 0 spiro atoms. The van der Waals surface area contributed by atoms with Gasteiger partial charge in [0.15, 0.2) is 0 Å². The van der Waals surface area contributed by atoms with E-state index in [1.807, 2.05) is 30.3 Å². The van der Waals surface area contributed by atoms with Gasteiger partial charge in [0.05, 0.1) is 18.0 Å². The predicted molar refractivity (Wildman–Crippen MR) is 67.4 cm³/mol. The van der Waals surface area contributed by atoms with Crippen LogP contribution in [0, 0.1) is 0 Å². The first-order valence-electron chi connectivity index (χ1n) is 4.77. The highest BCUT2D eigenvalue weighted by Crippen LogP contribution is 2.22. The number of anilines is 1. The first-order valence-corrected chi connectivity index (χ1v) is 5.96. The highest BCUT2D eigenvalue weighted by atomic mass is 35.5. The van der Waals surface area contributed by atoms with E-state index < -0.39 is 0 Å². The van der Waals surface area contributed by atoms with Crippen molar-refractivity contribution in [3.05, 3.63) is 39.5 Å². The summed E-state index contributed by atoms with van der Waals surface area (Å²) < 4.78 is 5.84. The maximum absolute atomic E-state index is 5.84. The number of methoxy groups -OCH3 is 1. The number of thiophene rings is 1. The third kappa shape index (κ3) is 2.87. The van der Waals surface area contributed by atoms with E-state index >= 15 is 0 Å². The molecule has 0 saturated heterocycles. The largest absolute Gasteiger partial charge is 0.481 e. The van der Waals surface area contributed by atoms with E-state index in [0.717, 1.165) is 16.7 Å². The Morgan fingerprint density at radius 2 is 2.25 bits per heavy atom. The molecule has 0 saturated carbocycles. The zero-order valence-corrected chi connectivity index (χ0v) is 10.3. The van der Waals surface area contributed by atoms with Crippen molar-refractivity contribution < 1.29 is 4.74 Å². The number of pyridine rings is 1. The van der Waals surface area contributed by atoms with Crippen molar-refractivity contribution in [2.24, 2.45) is 0 Å². The minimum Gasteiger partial charge on any atom is -0.481 e. The van der Waals surface area contributed by atoms with Crippen molar-refractivity contribution >= 4 is 28.8 Å². The van der Waals surface area contributed by atoms with E-state index in [9.17, 15) is 0 Å². The molecule has 0 aliphatic carbocycles. The monoisotopic (exact) mass is 254 g/mol. The van der Waals surface area contributed by atoms with Crippen molar-refractivity contribution in [1.29, 1.82) is 0 Å². The number of nitrogens with one attached hydrogen (secondary N) is 1. The summed E-state index contributed by atoms with van der Waals surface area (Å²) in [5.41, 5.74) is 0. The lowest BCUT2D eigenvalue weighted by Crippen LogP contribution is -2.00. The Labute approximate surface area is 103 Å². The van der Waals surface area contributed by atoms with Gasteiger partial charge in [-0.2, -0.15) is 4.98 Å². The summed E-state index contributed by atoms with van der Waals surface area (Å²) in [7, 11) is 1.60. The van der Waals surface area contributed by atoms with Gasteiger partial charge in [0.25, 0.3) is 0 Å². The minimum absolute atomic E-state index is 0.606. The number of hydrogen-bond donors (Lipinski definition) is 1. The summed E-state index contributed by atoms with van der Waals surface area (Å²) in [6.45, 7) is 0.720. The first-order chi connectivity index (χ1) is 7.78. The molecule has 0 radical (unpaired) electrons. The second-order valence-corrected chi connectivity index (χ2v) is 4.92. The number of halogens is 1. The van der Waals surface area contributed by atoms with E-state index in [1.165, 1.54) is 4.88 Å². The zero-order valence-electron chi connectivity index (χ0n) is 8.74. The zero-order chi connectivity index (χ0) is 11.4. The van der Waals surface area contributed by atoms with E-state index in [0.29, 0.717) is 5.88 Å². The average Bonchev–Trinajstić information content (AvgIpc) is 2.73. The van der Waals surface area contributed by atoms with Crippen molar-refractivity contribution in [2.75, 3.05) is 12.4 Å². The van der Waals surface area contributed by atoms with Crippen LogP contribution in [0.3, 0.4) is 0 Å². The highest BCUT2D eigenvalue weighted by molar-refractivity contribution is 7.16. The molecule has 0 unspecified atom stereocenters. The summed E-state index contributed by atoms with van der Waals surface area (Å²) in [6.07, 6.45) is 0. The van der Waals surface area contributed by atoms with Crippen molar-refractivity contribution in [2.45, 2.75) is 6.54 Å². The molecule has 2 rings (SSSR count). The molecule has 2 aromatic rings. The number of hydrogen-bond acceptors (Lipinski definition) is 4. The van der Waals surface area contributed by atoms with Crippen LogP contribution in [-0.4, -0.2) is 12.1 Å². The molecule has 84 valence electrons. The fourth-order valence-electron chi connectivity index (χ4n) is 1.25. The molecule has 0 fully saturated rings. The van der Waals surface area contributed by atoms with Gasteiger partial charge in [0.1, 0.15) is 5.82 Å². The number of aromatic nitrogens is 1. The highest BCUT2D eigenvalue weighted by Gasteiger charge is 1.99. The Bertz CT molecular complexity index is 473. The standard InChI is InChI=1S/C11H11ClN2OS/c1-15-11-4-2-3-10(14-11)13-7-8-5-6-9(12)16-8/h2-6H,7H2,1H3,(H,13,14). The van der Waals surface area contributed by atoms with Gasteiger partial charge in [0, 0.05) is 10.9 Å². The second kappa shape index (κ2) is 5.18. The molecular weight excluding hydrogens is 244 g/mol. The van der Waals surface area contributed by atoms with Crippen LogP contribution in [0.5, 0.6) is 5.88 Å². The first kappa shape index (κ1) is 11.2. The van der Waals surface area contributed by atoms with Crippen LogP contribution in [0.1, 0.15) is 4.88 Å². The van der Waals surface area contributed by atoms with Crippen LogP contribution in [0.4, 0.5) is 5.82 Å². The number of rotatable bonds is 4. The normalized spacial score (nSPS) is 10.1. The van der Waals surface area contributed by atoms with Gasteiger partial charge in [-0.3, -0.25) is 0 Å². The fourth-order valence-corrected chi connectivity index (χ4v) is 2.28. The van der Waals surface area contributed by atoms with Crippen LogP contribution in [0.2, 0.25) is 4.34 Å². The SMILES string of the molecule is COc1cccc(NCc2ccc(Cl)s2)n1. The van der Waals surface area contributed by atoms with Crippen LogP contribution in [0.25, 0.3) is 0 Å². The average molecular weight is 255 g/mol. The van der Waals surface area contributed by atoms with Gasteiger partial charge in [-0.05, 0) is 18.2 Å². The van der Waals surface area contributed by atoms with E-state index in [2.05, 4.69) is 10.3 Å². The molecule has 0 bridgehead atoms. The Morgan fingerprint density at radius 1 is 1.38 bits per heavy atom. The van der Waals surface area contributed by atoms with Gasteiger partial charge in [-0.25, -0.2) is 0 Å². The molecule has 0 amide bonds. The van der Waals surface area contributed by atoms with E-state index in [1.54, 1.807) is 18.4 Å². The Kier molecular flexibility index (Phi) is 3.64. The molecular formula is C11H11ClN2OS. The smallest absolute Gasteiger partial charge is 0.214 e. The number of nitrogens with zero attached hydrogens (tertiary/aromatic N) is 1. The lowest BCUT2D eigenvalue weighted by molar-refractivity contribution is 0.398. The quantitative estimate of drug-likeness (QED) is 0.908. The molecule has 3 nitrogen and oxygen atoms in total. The van der Waals surface area contributed by atoms with Crippen LogP contribution in [0.15, 0.2) is 30.3 Å². The lowest BCUT2D eigenvalue weighted by Gasteiger charge is -2.05. The van der Waals surface area contributed by atoms with Gasteiger partial charge >= 0.3 is 0 Å². The van der Waals surface area contributed by atoms with Gasteiger partial charge in [-0.1, -0.05) is 17.7 Å². The summed E-state index contributed by atoms with van der Waals surface area (Å²) in [5, 5.41) is 3.21. The third-order valence-corrected chi connectivity index (χ3v) is 3.24. The maximum atomic E-state index is 5.84. The fraction of sp³-hybridized carbons (Fsp3) is 0.182. The molecule has 0 atom stereocenters. The summed E-state index contributed by atoms with van der Waals surface area (Å²) in [5.74, 6) is 1.40. The molecule has 0 aliphatic rings. The van der Waals surface area contributed by atoms with Gasteiger partial charge in [0.2, 0.25) is 5.88 Å². The van der Waals surface area contributed by atoms with E-state index in [4.69, 9.17) is 16.3 Å². The molecule has 1 N–H and O–H groups in total. The Balaban J connectivity index is 1.99. The Morgan fingerprint density at radius 3 is 2.94 bits per heavy atom. The van der Waals surface area contributed by atoms with Crippen LogP contribution in [-0.2, 0) is 6.54 Å². The molecule has 2 aromatic heterocycles. The second-order valence-electron chi connectivity index (χ2n) is 3.12. The summed E-state index contributed by atoms with van der Waals surface area (Å²) >= 11 is 7.41. The minimum atomic E-state index is 0.606. The van der Waals surface area contributed by atoms with Gasteiger partial charge < -0.3 is 10.1 Å². The van der Waals surface area contributed by atoms with E-state index in [-0.39, 0.29) is 0 Å². The summed E-state index contributed by atoms with van der Waals surface area (Å²) in [4.78, 5) is 5.43. The Hall–Kier alpha value is -1.26. The van der Waals surface area contributed by atoms with Crippen LogP contribution >= 0.6 is 22.9 Å². The number of ether oxygens (including phenoxy) is 1. The summed E-state index contributed by atoms with van der Waals surface area (Å²) in [6, 6.07) is 9.50. The van der Waals surface area contributed by atoms with Gasteiger partial charge in [-0.15, -0.1) is 11.3 Å². The van der Waals surface area contributed by atoms with Crippen LogP contribution < -0.4 is 10.1 Å². The molecule has 2 heterocycles. The molecule has 5 heteroatoms. The van der Waals surface area contributed by atoms with Crippen molar-refractivity contribution in [3.8, 4) is 5.88 Å².